The topological polar surface area (TPSA) is 88.0 Å². The highest BCUT2D eigenvalue weighted by atomic mass is 16.7. The summed E-state index contributed by atoms with van der Waals surface area (Å²) in [5.41, 5.74) is 0.642. The van der Waals surface area contributed by atoms with E-state index in [0.717, 1.165) is 0 Å². The average molecular weight is 382 g/mol. The summed E-state index contributed by atoms with van der Waals surface area (Å²) in [6.07, 6.45) is 1.50. The molecule has 0 radical (unpaired) electrons. The lowest BCUT2D eigenvalue weighted by Gasteiger charge is -2.13. The molecule has 2 aromatic carbocycles. The Labute approximate surface area is 160 Å². The van der Waals surface area contributed by atoms with Crippen LogP contribution in [0.15, 0.2) is 41.3 Å². The first-order valence-electron chi connectivity index (χ1n) is 8.48. The number of pyridine rings is 1. The standard InChI is InChI=1S/C20H18N2O6/c1-22-9-14(12-7-16(25-2)17(26-3)8-13(12)20(22)24)19(23)21-11-4-5-15-18(6-11)28-10-27-15/h4-9H,10H2,1-3H3,(H,21,23). The van der Waals surface area contributed by atoms with E-state index in [4.69, 9.17) is 18.9 Å². The van der Waals surface area contributed by atoms with Gasteiger partial charge >= 0.3 is 0 Å². The number of hydrogen-bond acceptors (Lipinski definition) is 6. The van der Waals surface area contributed by atoms with Gasteiger partial charge in [0.15, 0.2) is 23.0 Å². The number of aryl methyl sites for hydroxylation is 1. The highest BCUT2D eigenvalue weighted by Crippen LogP contribution is 2.35. The first-order chi connectivity index (χ1) is 13.5. The number of fused-ring (bicyclic) bond motifs is 2. The number of hydrogen-bond donors (Lipinski definition) is 1. The number of carbonyl (C=O) groups excluding carboxylic acids is 1. The summed E-state index contributed by atoms with van der Waals surface area (Å²) in [6.45, 7) is 0.153. The van der Waals surface area contributed by atoms with E-state index in [1.807, 2.05) is 0 Å². The first-order valence-corrected chi connectivity index (χ1v) is 8.48. The molecule has 0 fully saturated rings. The van der Waals surface area contributed by atoms with Gasteiger partial charge in [-0.15, -0.1) is 0 Å². The lowest BCUT2D eigenvalue weighted by Crippen LogP contribution is -2.21. The zero-order valence-corrected chi connectivity index (χ0v) is 15.6. The Hall–Kier alpha value is -3.68. The molecule has 0 saturated carbocycles. The van der Waals surface area contributed by atoms with Crippen molar-refractivity contribution in [1.82, 2.24) is 4.57 Å². The minimum atomic E-state index is -0.369. The predicted molar refractivity (Wildman–Crippen MR) is 103 cm³/mol. The lowest BCUT2D eigenvalue weighted by atomic mass is 10.1. The Morgan fingerprint density at radius 3 is 2.43 bits per heavy atom. The van der Waals surface area contributed by atoms with E-state index in [0.29, 0.717) is 45.0 Å². The molecule has 1 amide bonds. The fraction of sp³-hybridized carbons (Fsp3) is 0.200. The number of amides is 1. The van der Waals surface area contributed by atoms with E-state index in [1.54, 1.807) is 37.4 Å². The molecule has 0 unspecified atom stereocenters. The minimum absolute atomic E-state index is 0.153. The lowest BCUT2D eigenvalue weighted by molar-refractivity contribution is 0.102. The normalized spacial score (nSPS) is 12.1. The molecule has 8 nitrogen and oxygen atoms in total. The van der Waals surface area contributed by atoms with Gasteiger partial charge < -0.3 is 28.8 Å². The number of aromatic nitrogens is 1. The van der Waals surface area contributed by atoms with Crippen molar-refractivity contribution in [2.45, 2.75) is 0 Å². The summed E-state index contributed by atoms with van der Waals surface area (Å²) in [7, 11) is 4.58. The highest BCUT2D eigenvalue weighted by molar-refractivity contribution is 6.13. The molecular formula is C20H18N2O6. The molecule has 0 spiro atoms. The second-order valence-corrected chi connectivity index (χ2v) is 6.23. The number of carbonyl (C=O) groups is 1. The predicted octanol–water partition coefficient (Wildman–Crippen LogP) is 2.54. The second kappa shape index (κ2) is 6.80. The van der Waals surface area contributed by atoms with Crippen LogP contribution in [-0.4, -0.2) is 31.5 Å². The molecule has 1 aromatic heterocycles. The van der Waals surface area contributed by atoms with Crippen LogP contribution in [0.25, 0.3) is 10.8 Å². The Kier molecular flexibility index (Phi) is 4.31. The molecule has 0 aliphatic carbocycles. The average Bonchev–Trinajstić information content (AvgIpc) is 3.17. The van der Waals surface area contributed by atoms with Gasteiger partial charge in [0.1, 0.15) is 0 Å². The molecule has 2 heterocycles. The minimum Gasteiger partial charge on any atom is -0.493 e. The Bertz CT molecular complexity index is 1150. The van der Waals surface area contributed by atoms with E-state index < -0.39 is 0 Å². The quantitative estimate of drug-likeness (QED) is 0.746. The van der Waals surface area contributed by atoms with E-state index >= 15 is 0 Å². The molecule has 0 saturated heterocycles. The summed E-state index contributed by atoms with van der Waals surface area (Å²) < 4.78 is 22.6. The number of benzene rings is 2. The number of methoxy groups -OCH3 is 2. The molecule has 0 bridgehead atoms. The largest absolute Gasteiger partial charge is 0.493 e. The van der Waals surface area contributed by atoms with Crippen LogP contribution < -0.4 is 29.8 Å². The van der Waals surface area contributed by atoms with Gasteiger partial charge in [0.05, 0.1) is 25.2 Å². The molecule has 28 heavy (non-hydrogen) atoms. The highest BCUT2D eigenvalue weighted by Gasteiger charge is 2.19. The Morgan fingerprint density at radius 2 is 1.71 bits per heavy atom. The molecule has 144 valence electrons. The zero-order chi connectivity index (χ0) is 19.8. The van der Waals surface area contributed by atoms with Crippen molar-refractivity contribution in [1.29, 1.82) is 0 Å². The summed E-state index contributed by atoms with van der Waals surface area (Å²) in [4.78, 5) is 25.5. The molecule has 1 aliphatic rings. The monoisotopic (exact) mass is 382 g/mol. The number of anilines is 1. The summed E-state index contributed by atoms with van der Waals surface area (Å²) in [6, 6.07) is 8.34. The third kappa shape index (κ3) is 2.88. The van der Waals surface area contributed by atoms with Crippen molar-refractivity contribution in [3.05, 3.63) is 52.4 Å². The Morgan fingerprint density at radius 1 is 1.04 bits per heavy atom. The van der Waals surface area contributed by atoms with Crippen molar-refractivity contribution >= 4 is 22.4 Å². The van der Waals surface area contributed by atoms with Crippen molar-refractivity contribution in [2.24, 2.45) is 7.05 Å². The fourth-order valence-electron chi connectivity index (χ4n) is 3.14. The fourth-order valence-corrected chi connectivity index (χ4v) is 3.14. The number of nitrogens with one attached hydrogen (secondary N) is 1. The summed E-state index contributed by atoms with van der Waals surface area (Å²) in [5, 5.41) is 3.66. The van der Waals surface area contributed by atoms with Gasteiger partial charge in [-0.05, 0) is 24.3 Å². The Balaban J connectivity index is 1.80. The van der Waals surface area contributed by atoms with Gasteiger partial charge in [-0.2, -0.15) is 0 Å². The van der Waals surface area contributed by atoms with Crippen LogP contribution in [0, 0.1) is 0 Å². The molecule has 4 rings (SSSR count). The van der Waals surface area contributed by atoms with Crippen molar-refractivity contribution in [2.75, 3.05) is 26.3 Å². The van der Waals surface area contributed by atoms with Gasteiger partial charge in [-0.3, -0.25) is 9.59 Å². The number of rotatable bonds is 4. The maximum atomic E-state index is 13.0. The molecule has 1 N–H and O–H groups in total. The second-order valence-electron chi connectivity index (χ2n) is 6.23. The van der Waals surface area contributed by atoms with Crippen LogP contribution >= 0.6 is 0 Å². The van der Waals surface area contributed by atoms with Crippen LogP contribution in [0.5, 0.6) is 23.0 Å². The van der Waals surface area contributed by atoms with E-state index in [9.17, 15) is 9.59 Å². The van der Waals surface area contributed by atoms with E-state index in [2.05, 4.69) is 5.32 Å². The molecule has 8 heteroatoms. The molecular weight excluding hydrogens is 364 g/mol. The summed E-state index contributed by atoms with van der Waals surface area (Å²) in [5.74, 6) is 1.67. The van der Waals surface area contributed by atoms with Gasteiger partial charge in [-0.1, -0.05) is 0 Å². The van der Waals surface area contributed by atoms with Crippen LogP contribution in [0.4, 0.5) is 5.69 Å². The third-order valence-electron chi connectivity index (χ3n) is 4.56. The van der Waals surface area contributed by atoms with E-state index in [1.165, 1.54) is 25.0 Å². The van der Waals surface area contributed by atoms with Gasteiger partial charge in [-0.25, -0.2) is 0 Å². The van der Waals surface area contributed by atoms with Crippen molar-refractivity contribution < 1.29 is 23.7 Å². The molecule has 3 aromatic rings. The molecule has 0 atom stereocenters. The zero-order valence-electron chi connectivity index (χ0n) is 15.6. The van der Waals surface area contributed by atoms with Crippen LogP contribution in [0.1, 0.15) is 10.4 Å². The van der Waals surface area contributed by atoms with Gasteiger partial charge in [0.25, 0.3) is 11.5 Å². The smallest absolute Gasteiger partial charge is 0.258 e. The van der Waals surface area contributed by atoms with Crippen molar-refractivity contribution in [3.63, 3.8) is 0 Å². The SMILES string of the molecule is COc1cc2c(C(=O)Nc3ccc4c(c3)OCO4)cn(C)c(=O)c2cc1OC. The van der Waals surface area contributed by atoms with Crippen LogP contribution in [-0.2, 0) is 7.05 Å². The van der Waals surface area contributed by atoms with Crippen LogP contribution in [0.3, 0.4) is 0 Å². The maximum Gasteiger partial charge on any atom is 0.258 e. The van der Waals surface area contributed by atoms with Crippen LogP contribution in [0.2, 0.25) is 0 Å². The number of ether oxygens (including phenoxy) is 4. The maximum absolute atomic E-state index is 13.0. The molecule has 1 aliphatic heterocycles. The third-order valence-corrected chi connectivity index (χ3v) is 4.56. The number of nitrogens with zero attached hydrogens (tertiary/aromatic N) is 1. The van der Waals surface area contributed by atoms with Gasteiger partial charge in [0.2, 0.25) is 6.79 Å². The van der Waals surface area contributed by atoms with Crippen molar-refractivity contribution in [3.8, 4) is 23.0 Å². The van der Waals surface area contributed by atoms with E-state index in [-0.39, 0.29) is 18.3 Å². The summed E-state index contributed by atoms with van der Waals surface area (Å²) >= 11 is 0. The first kappa shape index (κ1) is 17.7. The van der Waals surface area contributed by atoms with Gasteiger partial charge in [0, 0.05) is 30.4 Å².